The van der Waals surface area contributed by atoms with Gasteiger partial charge in [0, 0.05) is 0 Å². The van der Waals surface area contributed by atoms with Crippen LogP contribution in [-0.2, 0) is 19.4 Å². The second kappa shape index (κ2) is 4.41. The lowest BCUT2D eigenvalue weighted by Crippen LogP contribution is -2.39. The average molecular weight is 224 g/mol. The highest BCUT2D eigenvalue weighted by Gasteiger charge is 2.38. The minimum absolute atomic E-state index is 0.144. The van der Waals surface area contributed by atoms with Crippen LogP contribution in [0.5, 0.6) is 0 Å². The zero-order chi connectivity index (χ0) is 11.5. The van der Waals surface area contributed by atoms with Gasteiger partial charge in [-0.25, -0.2) is 8.42 Å². The summed E-state index contributed by atoms with van der Waals surface area (Å²) in [6.45, 7) is 2.34. The summed E-state index contributed by atoms with van der Waals surface area (Å²) in [6, 6.07) is 0. The summed E-state index contributed by atoms with van der Waals surface area (Å²) >= 11 is 0. The molecule has 0 bridgehead atoms. The van der Waals surface area contributed by atoms with Crippen molar-refractivity contribution in [1.29, 1.82) is 0 Å². The fraction of sp³-hybridized carbons (Fsp3) is 0.714. The van der Waals surface area contributed by atoms with Gasteiger partial charge in [-0.05, 0) is 13.3 Å². The number of carboxylic acids is 2. The Morgan fingerprint density at radius 2 is 1.64 bits per heavy atom. The Morgan fingerprint density at radius 3 is 1.86 bits per heavy atom. The molecule has 6 nitrogen and oxygen atoms in total. The van der Waals surface area contributed by atoms with Gasteiger partial charge in [-0.15, -0.1) is 0 Å². The van der Waals surface area contributed by atoms with Crippen LogP contribution in [0.2, 0.25) is 0 Å². The van der Waals surface area contributed by atoms with Crippen molar-refractivity contribution in [2.75, 3.05) is 0 Å². The number of aliphatic carboxylic acids is 2. The van der Waals surface area contributed by atoms with Gasteiger partial charge in [0.2, 0.25) is 0 Å². The van der Waals surface area contributed by atoms with E-state index < -0.39 is 32.3 Å². The quantitative estimate of drug-likeness (QED) is 0.665. The van der Waals surface area contributed by atoms with Crippen molar-refractivity contribution >= 4 is 21.8 Å². The third-order valence-electron chi connectivity index (χ3n) is 1.88. The monoisotopic (exact) mass is 224 g/mol. The Morgan fingerprint density at radius 1 is 1.21 bits per heavy atom. The van der Waals surface area contributed by atoms with Crippen LogP contribution in [0.25, 0.3) is 0 Å². The molecule has 0 aromatic carbocycles. The summed E-state index contributed by atoms with van der Waals surface area (Å²) in [6.07, 6.45) is -0.144. The molecule has 2 atom stereocenters. The third kappa shape index (κ3) is 2.44. The van der Waals surface area contributed by atoms with E-state index in [1.165, 1.54) is 6.92 Å². The zero-order valence-corrected chi connectivity index (χ0v) is 8.61. The highest BCUT2D eigenvalue weighted by molar-refractivity contribution is 7.94. The molecule has 2 N–H and O–H groups in total. The van der Waals surface area contributed by atoms with E-state index in [4.69, 9.17) is 10.2 Å². The van der Waals surface area contributed by atoms with E-state index in [9.17, 15) is 18.0 Å². The molecule has 0 aromatic heterocycles. The number of sulfone groups is 1. The minimum atomic E-state index is -4.15. The predicted molar refractivity (Wildman–Crippen MR) is 47.7 cm³/mol. The van der Waals surface area contributed by atoms with Crippen LogP contribution < -0.4 is 0 Å². The Balaban J connectivity index is 5.13. The maximum Gasteiger partial charge on any atom is 0.321 e. The van der Waals surface area contributed by atoms with Crippen LogP contribution in [0, 0.1) is 0 Å². The molecule has 0 radical (unpaired) electrons. The second-order valence-corrected chi connectivity index (χ2v) is 5.26. The molecule has 0 aliphatic rings. The van der Waals surface area contributed by atoms with Gasteiger partial charge >= 0.3 is 11.9 Å². The first-order chi connectivity index (χ1) is 6.25. The SMILES string of the molecule is CCC(C(=O)O)S(=O)(=O)C(C)C(=O)O. The van der Waals surface area contributed by atoms with E-state index in [0.29, 0.717) is 0 Å². The molecule has 0 saturated heterocycles. The van der Waals surface area contributed by atoms with Crippen LogP contribution in [-0.4, -0.2) is 41.1 Å². The molecule has 0 spiro atoms. The highest BCUT2D eigenvalue weighted by atomic mass is 32.2. The van der Waals surface area contributed by atoms with Gasteiger partial charge in [-0.2, -0.15) is 0 Å². The van der Waals surface area contributed by atoms with Crippen molar-refractivity contribution in [3.63, 3.8) is 0 Å². The molecule has 0 aliphatic carbocycles. The molecule has 0 fully saturated rings. The van der Waals surface area contributed by atoms with Crippen LogP contribution in [0.1, 0.15) is 20.3 Å². The number of hydrogen-bond acceptors (Lipinski definition) is 4. The average Bonchev–Trinajstić information content (AvgIpc) is 2.02. The molecule has 0 saturated carbocycles. The van der Waals surface area contributed by atoms with Gasteiger partial charge in [0.1, 0.15) is 0 Å². The lowest BCUT2D eigenvalue weighted by atomic mass is 10.3. The minimum Gasteiger partial charge on any atom is -0.480 e. The molecule has 7 heteroatoms. The largest absolute Gasteiger partial charge is 0.480 e. The predicted octanol–water partition coefficient (Wildman–Crippen LogP) is -0.263. The van der Waals surface area contributed by atoms with Gasteiger partial charge < -0.3 is 10.2 Å². The highest BCUT2D eigenvalue weighted by Crippen LogP contribution is 2.13. The van der Waals surface area contributed by atoms with E-state index >= 15 is 0 Å². The van der Waals surface area contributed by atoms with Crippen LogP contribution in [0.15, 0.2) is 0 Å². The normalized spacial score (nSPS) is 15.9. The van der Waals surface area contributed by atoms with Gasteiger partial charge in [0.15, 0.2) is 20.3 Å². The van der Waals surface area contributed by atoms with Crippen molar-refractivity contribution < 1.29 is 28.2 Å². The Labute approximate surface area is 81.5 Å². The topological polar surface area (TPSA) is 109 Å². The fourth-order valence-electron chi connectivity index (χ4n) is 0.934. The fourth-order valence-corrected chi connectivity index (χ4v) is 2.45. The smallest absolute Gasteiger partial charge is 0.321 e. The van der Waals surface area contributed by atoms with Crippen molar-refractivity contribution in [2.24, 2.45) is 0 Å². The van der Waals surface area contributed by atoms with Gasteiger partial charge in [0.25, 0.3) is 0 Å². The first kappa shape index (κ1) is 12.9. The van der Waals surface area contributed by atoms with Crippen molar-refractivity contribution in [2.45, 2.75) is 30.8 Å². The summed E-state index contributed by atoms with van der Waals surface area (Å²) in [7, 11) is -4.15. The van der Waals surface area contributed by atoms with Crippen molar-refractivity contribution in [3.8, 4) is 0 Å². The standard InChI is InChI=1S/C7H12O6S/c1-3-5(7(10)11)14(12,13)4(2)6(8)9/h4-5H,3H2,1-2H3,(H,8,9)(H,10,11). The Kier molecular flexibility index (Phi) is 4.06. The molecule has 0 amide bonds. The maximum absolute atomic E-state index is 11.4. The molecule has 0 rings (SSSR count). The van der Waals surface area contributed by atoms with E-state index in [1.807, 2.05) is 0 Å². The number of carbonyl (C=O) groups is 2. The first-order valence-electron chi connectivity index (χ1n) is 3.93. The summed E-state index contributed by atoms with van der Waals surface area (Å²) in [5.41, 5.74) is 0. The van der Waals surface area contributed by atoms with Crippen molar-refractivity contribution in [1.82, 2.24) is 0 Å². The van der Waals surface area contributed by atoms with Gasteiger partial charge in [-0.3, -0.25) is 9.59 Å². The lowest BCUT2D eigenvalue weighted by Gasteiger charge is -2.14. The lowest BCUT2D eigenvalue weighted by molar-refractivity contribution is -0.136. The first-order valence-corrected chi connectivity index (χ1v) is 5.54. The molecular weight excluding hydrogens is 212 g/mol. The number of rotatable bonds is 5. The van der Waals surface area contributed by atoms with Crippen LogP contribution >= 0.6 is 0 Å². The van der Waals surface area contributed by atoms with Crippen LogP contribution in [0.3, 0.4) is 0 Å². The molecule has 2 unspecified atom stereocenters. The molecule has 0 aliphatic heterocycles. The van der Waals surface area contributed by atoms with E-state index in [0.717, 1.165) is 6.92 Å². The summed E-state index contributed by atoms with van der Waals surface area (Å²) < 4.78 is 22.8. The second-order valence-electron chi connectivity index (χ2n) is 2.80. The van der Waals surface area contributed by atoms with Gasteiger partial charge in [-0.1, -0.05) is 6.92 Å². The third-order valence-corrected chi connectivity index (χ3v) is 4.40. The van der Waals surface area contributed by atoms with E-state index in [2.05, 4.69) is 0 Å². The van der Waals surface area contributed by atoms with Gasteiger partial charge in [0.05, 0.1) is 0 Å². The van der Waals surface area contributed by atoms with E-state index in [-0.39, 0.29) is 6.42 Å². The Hall–Kier alpha value is -1.11. The molecule has 0 heterocycles. The number of carboxylic acid groups (broad SMARTS) is 2. The molecule has 0 aromatic rings. The molecular formula is C7H12O6S. The summed E-state index contributed by atoms with van der Waals surface area (Å²) in [5, 5.41) is 13.7. The number of hydrogen-bond donors (Lipinski definition) is 2. The maximum atomic E-state index is 11.4. The van der Waals surface area contributed by atoms with Crippen LogP contribution in [0.4, 0.5) is 0 Å². The summed E-state index contributed by atoms with van der Waals surface area (Å²) in [4.78, 5) is 20.9. The van der Waals surface area contributed by atoms with Crippen molar-refractivity contribution in [3.05, 3.63) is 0 Å². The Bertz CT molecular complexity index is 330. The summed E-state index contributed by atoms with van der Waals surface area (Å²) in [5.74, 6) is -3.05. The molecule has 82 valence electrons. The zero-order valence-electron chi connectivity index (χ0n) is 7.80. The molecule has 14 heavy (non-hydrogen) atoms. The van der Waals surface area contributed by atoms with E-state index in [1.54, 1.807) is 0 Å².